The number of hydrogen-bond donors (Lipinski definition) is 1. The first-order valence-electron chi connectivity index (χ1n) is 7.01. The van der Waals surface area contributed by atoms with E-state index in [1.54, 1.807) is 11.8 Å². The van der Waals surface area contributed by atoms with Crippen molar-refractivity contribution in [2.24, 2.45) is 0 Å². The molecule has 4 nitrogen and oxygen atoms in total. The number of anilines is 2. The van der Waals surface area contributed by atoms with Gasteiger partial charge in [0.2, 0.25) is 5.13 Å². The van der Waals surface area contributed by atoms with E-state index in [-0.39, 0.29) is 0 Å². The molecule has 0 radical (unpaired) electrons. The number of nitrogens with one attached hydrogen (secondary N) is 1. The van der Waals surface area contributed by atoms with Gasteiger partial charge in [-0.1, -0.05) is 47.4 Å². The molecular weight excluding hydrogens is 326 g/mol. The Labute approximate surface area is 143 Å². The van der Waals surface area contributed by atoms with Crippen LogP contribution < -0.4 is 10.1 Å². The summed E-state index contributed by atoms with van der Waals surface area (Å²) in [4.78, 5) is 0. The van der Waals surface area contributed by atoms with Crippen molar-refractivity contribution >= 4 is 33.9 Å². The summed E-state index contributed by atoms with van der Waals surface area (Å²) in [6.45, 7) is 3.70. The molecule has 3 aromatic rings. The van der Waals surface area contributed by atoms with Crippen LogP contribution >= 0.6 is 23.1 Å². The quantitative estimate of drug-likeness (QED) is 0.463. The van der Waals surface area contributed by atoms with Gasteiger partial charge in [-0.3, -0.25) is 0 Å². The maximum Gasteiger partial charge on any atom is 0.210 e. The lowest BCUT2D eigenvalue weighted by Gasteiger charge is -2.06. The van der Waals surface area contributed by atoms with E-state index < -0.39 is 0 Å². The van der Waals surface area contributed by atoms with Crippen molar-refractivity contribution in [3.05, 3.63) is 67.3 Å². The molecule has 0 unspecified atom stereocenters. The lowest BCUT2D eigenvalue weighted by Crippen LogP contribution is -1.90. The van der Waals surface area contributed by atoms with Gasteiger partial charge in [0.1, 0.15) is 11.5 Å². The predicted molar refractivity (Wildman–Crippen MR) is 97.1 cm³/mol. The maximum absolute atomic E-state index is 5.77. The molecule has 1 N–H and O–H groups in total. The van der Waals surface area contributed by atoms with Crippen LogP contribution in [0.5, 0.6) is 11.5 Å². The zero-order valence-electron chi connectivity index (χ0n) is 12.3. The second kappa shape index (κ2) is 7.80. The Bertz CT molecular complexity index is 757. The first kappa shape index (κ1) is 15.6. The molecule has 0 saturated heterocycles. The Morgan fingerprint density at radius 1 is 1.04 bits per heavy atom. The van der Waals surface area contributed by atoms with Crippen LogP contribution in [0.3, 0.4) is 0 Å². The standard InChI is InChI=1S/C17H15N3OS2/c1-2-12-22-17-20-19-16(23-17)18-13-8-10-15(11-9-13)21-14-6-4-3-5-7-14/h2-11H,1,12H2,(H,18,19). The summed E-state index contributed by atoms with van der Waals surface area (Å²) < 4.78 is 6.69. The second-order valence-electron chi connectivity index (χ2n) is 4.54. The number of benzene rings is 2. The van der Waals surface area contributed by atoms with Gasteiger partial charge in [0.15, 0.2) is 4.34 Å². The van der Waals surface area contributed by atoms with Crippen molar-refractivity contribution in [2.75, 3.05) is 11.1 Å². The largest absolute Gasteiger partial charge is 0.457 e. The van der Waals surface area contributed by atoms with Crippen LogP contribution in [0.25, 0.3) is 0 Å². The molecule has 2 aromatic carbocycles. The number of aromatic nitrogens is 2. The summed E-state index contributed by atoms with van der Waals surface area (Å²) in [5.74, 6) is 2.45. The van der Waals surface area contributed by atoms with E-state index in [0.717, 1.165) is 32.4 Å². The molecule has 1 heterocycles. The molecule has 0 spiro atoms. The molecule has 6 heteroatoms. The molecule has 0 aliphatic heterocycles. The SMILES string of the molecule is C=CCSc1nnc(Nc2ccc(Oc3ccccc3)cc2)s1. The van der Waals surface area contributed by atoms with Crippen LogP contribution in [0.2, 0.25) is 0 Å². The van der Waals surface area contributed by atoms with Crippen LogP contribution in [-0.4, -0.2) is 16.0 Å². The highest BCUT2D eigenvalue weighted by Gasteiger charge is 2.04. The van der Waals surface area contributed by atoms with Crippen LogP contribution in [0.4, 0.5) is 10.8 Å². The third-order valence-corrected chi connectivity index (χ3v) is 4.78. The van der Waals surface area contributed by atoms with Gasteiger partial charge in [-0.05, 0) is 36.4 Å². The van der Waals surface area contributed by atoms with Gasteiger partial charge in [0, 0.05) is 11.4 Å². The van der Waals surface area contributed by atoms with Crippen LogP contribution in [-0.2, 0) is 0 Å². The third kappa shape index (κ3) is 4.58. The molecule has 1 aromatic heterocycles. The third-order valence-electron chi connectivity index (χ3n) is 2.82. The van der Waals surface area contributed by atoms with E-state index in [0.29, 0.717) is 0 Å². The normalized spacial score (nSPS) is 10.3. The maximum atomic E-state index is 5.77. The summed E-state index contributed by atoms with van der Waals surface area (Å²) in [6.07, 6.45) is 1.85. The molecule has 0 aliphatic carbocycles. The van der Waals surface area contributed by atoms with E-state index in [4.69, 9.17) is 4.74 Å². The molecule has 0 fully saturated rings. The lowest BCUT2D eigenvalue weighted by molar-refractivity contribution is 0.483. The fourth-order valence-corrected chi connectivity index (χ4v) is 3.34. The van der Waals surface area contributed by atoms with Crippen molar-refractivity contribution < 1.29 is 4.74 Å². The highest BCUT2D eigenvalue weighted by molar-refractivity contribution is 8.01. The van der Waals surface area contributed by atoms with Gasteiger partial charge >= 0.3 is 0 Å². The van der Waals surface area contributed by atoms with E-state index in [2.05, 4.69) is 22.1 Å². The molecular formula is C17H15N3OS2. The number of nitrogens with zero attached hydrogens (tertiary/aromatic N) is 2. The average molecular weight is 341 g/mol. The monoisotopic (exact) mass is 341 g/mol. The minimum atomic E-state index is 0.772. The number of para-hydroxylation sites is 1. The van der Waals surface area contributed by atoms with Crippen LogP contribution in [0, 0.1) is 0 Å². The average Bonchev–Trinajstić information content (AvgIpc) is 3.03. The molecule has 116 valence electrons. The fourth-order valence-electron chi connectivity index (χ4n) is 1.80. The van der Waals surface area contributed by atoms with Crippen LogP contribution in [0.15, 0.2) is 71.6 Å². The van der Waals surface area contributed by atoms with Crippen molar-refractivity contribution in [1.82, 2.24) is 10.2 Å². The zero-order valence-corrected chi connectivity index (χ0v) is 13.9. The number of rotatable bonds is 7. The number of thioether (sulfide) groups is 1. The Balaban J connectivity index is 1.61. The van der Waals surface area contributed by atoms with Crippen molar-refractivity contribution in [2.45, 2.75) is 4.34 Å². The number of ether oxygens (including phenoxy) is 1. The van der Waals surface area contributed by atoms with Crippen molar-refractivity contribution in [3.63, 3.8) is 0 Å². The summed E-state index contributed by atoms with van der Waals surface area (Å²) >= 11 is 3.15. The Hall–Kier alpha value is -2.31. The predicted octanol–water partition coefficient (Wildman–Crippen LogP) is 5.35. The molecule has 0 amide bonds. The summed E-state index contributed by atoms with van der Waals surface area (Å²) in [7, 11) is 0. The molecule has 0 aliphatic rings. The second-order valence-corrected chi connectivity index (χ2v) is 6.78. The van der Waals surface area contributed by atoms with Gasteiger partial charge in [-0.25, -0.2) is 0 Å². The summed E-state index contributed by atoms with van der Waals surface area (Å²) in [6, 6.07) is 17.5. The van der Waals surface area contributed by atoms with E-state index in [9.17, 15) is 0 Å². The lowest BCUT2D eigenvalue weighted by atomic mass is 10.3. The minimum absolute atomic E-state index is 0.772. The van der Waals surface area contributed by atoms with Gasteiger partial charge < -0.3 is 10.1 Å². The number of hydrogen-bond acceptors (Lipinski definition) is 6. The highest BCUT2D eigenvalue weighted by Crippen LogP contribution is 2.29. The highest BCUT2D eigenvalue weighted by atomic mass is 32.2. The van der Waals surface area contributed by atoms with E-state index in [1.165, 1.54) is 11.3 Å². The smallest absolute Gasteiger partial charge is 0.210 e. The van der Waals surface area contributed by atoms with Crippen molar-refractivity contribution in [3.8, 4) is 11.5 Å². The first-order chi connectivity index (χ1) is 11.3. The summed E-state index contributed by atoms with van der Waals surface area (Å²) in [5, 5.41) is 12.3. The Morgan fingerprint density at radius 2 is 1.78 bits per heavy atom. The first-order valence-corrected chi connectivity index (χ1v) is 8.81. The topological polar surface area (TPSA) is 47.0 Å². The molecule has 3 rings (SSSR count). The summed E-state index contributed by atoms with van der Waals surface area (Å²) in [5.41, 5.74) is 0.946. The van der Waals surface area contributed by atoms with Gasteiger partial charge in [0.25, 0.3) is 0 Å². The van der Waals surface area contributed by atoms with Crippen molar-refractivity contribution in [1.29, 1.82) is 0 Å². The van der Waals surface area contributed by atoms with E-state index in [1.807, 2.05) is 60.7 Å². The molecule has 23 heavy (non-hydrogen) atoms. The molecule has 0 bridgehead atoms. The minimum Gasteiger partial charge on any atom is -0.457 e. The molecule has 0 saturated carbocycles. The fraction of sp³-hybridized carbons (Fsp3) is 0.0588. The van der Waals surface area contributed by atoms with Gasteiger partial charge in [0.05, 0.1) is 0 Å². The van der Waals surface area contributed by atoms with Crippen LogP contribution in [0.1, 0.15) is 0 Å². The Morgan fingerprint density at radius 3 is 2.52 bits per heavy atom. The zero-order chi connectivity index (χ0) is 15.9. The molecule has 0 atom stereocenters. The van der Waals surface area contributed by atoms with Gasteiger partial charge in [-0.2, -0.15) is 0 Å². The Kier molecular flexibility index (Phi) is 5.29. The van der Waals surface area contributed by atoms with E-state index >= 15 is 0 Å². The van der Waals surface area contributed by atoms with Gasteiger partial charge in [-0.15, -0.1) is 16.8 Å².